The zero-order valence-electron chi connectivity index (χ0n) is 10.2. The molecule has 1 heterocycles. The van der Waals surface area contributed by atoms with Crippen molar-refractivity contribution in [2.24, 2.45) is 0 Å². The number of nitrogens with one attached hydrogen (secondary N) is 1. The van der Waals surface area contributed by atoms with E-state index in [4.69, 9.17) is 35.4 Å². The Kier molecular flexibility index (Phi) is 4.08. The number of halogens is 2. The molecule has 102 valence electrons. The van der Waals surface area contributed by atoms with Gasteiger partial charge < -0.3 is 0 Å². The normalized spacial score (nSPS) is 18.2. The molecule has 1 unspecified atom stereocenters. The smallest absolute Gasteiger partial charge is 0.154 e. The molecule has 0 radical (unpaired) electrons. The van der Waals surface area contributed by atoms with Gasteiger partial charge >= 0.3 is 0 Å². The van der Waals surface area contributed by atoms with Crippen molar-refractivity contribution in [1.82, 2.24) is 5.43 Å². The summed E-state index contributed by atoms with van der Waals surface area (Å²) in [5.41, 5.74) is 5.36. The van der Waals surface area contributed by atoms with E-state index >= 15 is 0 Å². The number of thiocarbonyl (C=S) groups is 1. The first-order valence-electron chi connectivity index (χ1n) is 5.91. The number of benzene rings is 2. The number of hydrogen-bond donors (Lipinski definition) is 1. The Hall–Kier alpha value is -0.940. The molecule has 0 bridgehead atoms. The molecule has 20 heavy (non-hydrogen) atoms. The van der Waals surface area contributed by atoms with Crippen molar-refractivity contribution in [2.45, 2.75) is 5.37 Å². The summed E-state index contributed by atoms with van der Waals surface area (Å²) >= 11 is 18.8. The molecule has 2 nitrogen and oxygen atoms in total. The monoisotopic (exact) mass is 340 g/mol. The van der Waals surface area contributed by atoms with E-state index in [0.29, 0.717) is 5.02 Å². The first-order valence-corrected chi connectivity index (χ1v) is 7.95. The van der Waals surface area contributed by atoms with Gasteiger partial charge in [-0.25, -0.2) is 0 Å². The maximum absolute atomic E-state index is 5.94. The highest BCUT2D eigenvalue weighted by Crippen LogP contribution is 2.40. The Bertz CT molecular complexity index is 573. The van der Waals surface area contributed by atoms with Gasteiger partial charge in [0.05, 0.1) is 5.69 Å². The molecular formula is C14H10Cl2N2S2. The molecule has 3 rings (SSSR count). The summed E-state index contributed by atoms with van der Waals surface area (Å²) in [6.07, 6.45) is 0. The molecule has 1 N–H and O–H groups in total. The van der Waals surface area contributed by atoms with E-state index in [9.17, 15) is 0 Å². The van der Waals surface area contributed by atoms with Crippen LogP contribution in [0.1, 0.15) is 10.9 Å². The van der Waals surface area contributed by atoms with Crippen molar-refractivity contribution in [3.8, 4) is 0 Å². The summed E-state index contributed by atoms with van der Waals surface area (Å²) in [7, 11) is 0. The molecule has 0 aliphatic carbocycles. The number of nitrogens with zero attached hydrogens (tertiary/aromatic N) is 1. The quantitative estimate of drug-likeness (QED) is 0.770. The number of thioether (sulfide) groups is 1. The van der Waals surface area contributed by atoms with E-state index in [1.54, 1.807) is 11.8 Å². The van der Waals surface area contributed by atoms with Crippen LogP contribution in [-0.4, -0.2) is 4.32 Å². The van der Waals surface area contributed by atoms with Crippen molar-refractivity contribution < 1.29 is 0 Å². The lowest BCUT2D eigenvalue weighted by atomic mass is 10.2. The number of rotatable bonds is 2. The maximum Gasteiger partial charge on any atom is 0.154 e. The second kappa shape index (κ2) is 5.82. The topological polar surface area (TPSA) is 15.3 Å². The Labute approximate surface area is 137 Å². The molecule has 0 saturated carbocycles. The summed E-state index contributed by atoms with van der Waals surface area (Å²) in [4.78, 5) is 0. The van der Waals surface area contributed by atoms with Gasteiger partial charge in [-0.3, -0.25) is 10.4 Å². The molecule has 1 saturated heterocycles. The van der Waals surface area contributed by atoms with E-state index in [0.717, 1.165) is 20.6 Å². The van der Waals surface area contributed by atoms with E-state index in [2.05, 4.69) is 5.43 Å². The first-order chi connectivity index (χ1) is 9.63. The van der Waals surface area contributed by atoms with Gasteiger partial charge in [0, 0.05) is 10.0 Å². The first kappa shape index (κ1) is 14.0. The van der Waals surface area contributed by atoms with Gasteiger partial charge in [0.1, 0.15) is 5.37 Å². The number of hydrazine groups is 1. The average Bonchev–Trinajstić information content (AvgIpc) is 2.82. The van der Waals surface area contributed by atoms with Crippen LogP contribution in [0.2, 0.25) is 10.0 Å². The minimum absolute atomic E-state index is 0.0842. The lowest BCUT2D eigenvalue weighted by Crippen LogP contribution is -2.34. The maximum atomic E-state index is 5.94. The zero-order valence-corrected chi connectivity index (χ0v) is 13.4. The van der Waals surface area contributed by atoms with Crippen LogP contribution in [0, 0.1) is 0 Å². The van der Waals surface area contributed by atoms with Crippen LogP contribution in [0.5, 0.6) is 0 Å². The summed E-state index contributed by atoms with van der Waals surface area (Å²) < 4.78 is 0.750. The van der Waals surface area contributed by atoms with E-state index in [1.807, 2.05) is 53.5 Å². The van der Waals surface area contributed by atoms with Crippen molar-refractivity contribution in [1.29, 1.82) is 0 Å². The predicted molar refractivity (Wildman–Crippen MR) is 91.4 cm³/mol. The molecule has 6 heteroatoms. The highest BCUT2D eigenvalue weighted by molar-refractivity contribution is 8.23. The molecule has 1 aliphatic rings. The van der Waals surface area contributed by atoms with Crippen LogP contribution >= 0.6 is 47.2 Å². The van der Waals surface area contributed by atoms with Crippen LogP contribution < -0.4 is 10.4 Å². The Morgan fingerprint density at radius 3 is 2.10 bits per heavy atom. The van der Waals surface area contributed by atoms with Gasteiger partial charge in [-0.2, -0.15) is 0 Å². The third-order valence-electron chi connectivity index (χ3n) is 2.92. The van der Waals surface area contributed by atoms with Gasteiger partial charge in [-0.15, -0.1) is 0 Å². The van der Waals surface area contributed by atoms with Crippen molar-refractivity contribution in [3.05, 3.63) is 64.1 Å². The largest absolute Gasteiger partial charge is 0.281 e. The fourth-order valence-corrected chi connectivity index (χ4v) is 3.53. The molecule has 0 aromatic heterocycles. The van der Waals surface area contributed by atoms with Gasteiger partial charge in [0.2, 0.25) is 0 Å². The fourth-order valence-electron chi connectivity index (χ4n) is 1.98. The van der Waals surface area contributed by atoms with Gasteiger partial charge in [-0.1, -0.05) is 59.3 Å². The van der Waals surface area contributed by atoms with Crippen LogP contribution in [0.4, 0.5) is 5.69 Å². The van der Waals surface area contributed by atoms with Gasteiger partial charge in [0.25, 0.3) is 0 Å². The molecule has 1 atom stereocenters. The van der Waals surface area contributed by atoms with E-state index < -0.39 is 0 Å². The average molecular weight is 341 g/mol. The molecule has 1 aliphatic heterocycles. The molecule has 2 aromatic rings. The van der Waals surface area contributed by atoms with Crippen molar-refractivity contribution in [2.75, 3.05) is 5.01 Å². The summed E-state index contributed by atoms with van der Waals surface area (Å²) in [5, 5.41) is 3.56. The molecule has 0 spiro atoms. The van der Waals surface area contributed by atoms with Crippen molar-refractivity contribution >= 4 is 57.2 Å². The van der Waals surface area contributed by atoms with E-state index in [-0.39, 0.29) is 5.37 Å². The number of anilines is 1. The third-order valence-corrected chi connectivity index (χ3v) is 4.82. The van der Waals surface area contributed by atoms with E-state index in [1.165, 1.54) is 0 Å². The second-order valence-corrected chi connectivity index (χ2v) is 6.90. The molecule has 1 fully saturated rings. The Balaban J connectivity index is 1.94. The van der Waals surface area contributed by atoms with Crippen LogP contribution in [0.25, 0.3) is 0 Å². The molecule has 2 aromatic carbocycles. The zero-order chi connectivity index (χ0) is 14.1. The minimum atomic E-state index is 0.0842. The highest BCUT2D eigenvalue weighted by atomic mass is 35.5. The lowest BCUT2D eigenvalue weighted by Gasteiger charge is -2.25. The van der Waals surface area contributed by atoms with Crippen LogP contribution in [-0.2, 0) is 0 Å². The lowest BCUT2D eigenvalue weighted by molar-refractivity contribution is 0.781. The van der Waals surface area contributed by atoms with Crippen molar-refractivity contribution in [3.63, 3.8) is 0 Å². The predicted octanol–water partition coefficient (Wildman–Crippen LogP) is 5.03. The van der Waals surface area contributed by atoms with Crippen LogP contribution in [0.15, 0.2) is 48.5 Å². The highest BCUT2D eigenvalue weighted by Gasteiger charge is 2.30. The number of hydrogen-bond acceptors (Lipinski definition) is 3. The summed E-state index contributed by atoms with van der Waals surface area (Å²) in [6.45, 7) is 0. The van der Waals surface area contributed by atoms with Gasteiger partial charge in [0.15, 0.2) is 4.32 Å². The molecular weight excluding hydrogens is 331 g/mol. The SMILES string of the molecule is S=C1NN(c2ccc(Cl)cc2)C(c2ccc(Cl)cc2)S1. The second-order valence-electron chi connectivity index (χ2n) is 4.27. The summed E-state index contributed by atoms with van der Waals surface area (Å²) in [5.74, 6) is 0. The van der Waals surface area contributed by atoms with Crippen LogP contribution in [0.3, 0.4) is 0 Å². The minimum Gasteiger partial charge on any atom is -0.281 e. The Morgan fingerprint density at radius 1 is 0.950 bits per heavy atom. The Morgan fingerprint density at radius 2 is 1.50 bits per heavy atom. The molecule has 0 amide bonds. The fraction of sp³-hybridized carbons (Fsp3) is 0.0714. The standard InChI is InChI=1S/C14H10Cl2N2S2/c15-10-3-1-9(2-4-10)13-18(17-14(19)20-13)12-7-5-11(16)6-8-12/h1-8,13H,(H,17,19). The summed E-state index contributed by atoms with van der Waals surface area (Å²) in [6, 6.07) is 15.5. The third kappa shape index (κ3) is 2.88. The van der Waals surface area contributed by atoms with Gasteiger partial charge in [-0.05, 0) is 42.0 Å².